The van der Waals surface area contributed by atoms with E-state index < -0.39 is 20.9 Å². The second-order valence-electron chi connectivity index (χ2n) is 6.37. The van der Waals surface area contributed by atoms with Gasteiger partial charge >= 0.3 is 0 Å². The average Bonchev–Trinajstić information content (AvgIpc) is 3.52. The number of anilines is 1. The first-order chi connectivity index (χ1) is 13.2. The number of non-ortho nitro benzene ring substituents is 1. The summed E-state index contributed by atoms with van der Waals surface area (Å²) in [4.78, 5) is 22.8. The summed E-state index contributed by atoms with van der Waals surface area (Å²) in [5, 5.41) is 13.4. The van der Waals surface area contributed by atoms with E-state index in [0.717, 1.165) is 12.8 Å². The first kappa shape index (κ1) is 19.8. The molecule has 2 aromatic carbocycles. The van der Waals surface area contributed by atoms with Gasteiger partial charge in [0.15, 0.2) is 0 Å². The predicted molar refractivity (Wildman–Crippen MR) is 102 cm³/mol. The number of carbonyl (C=O) groups excluding carboxylic acids is 1. The van der Waals surface area contributed by atoms with Gasteiger partial charge in [0.1, 0.15) is 5.75 Å². The van der Waals surface area contributed by atoms with Gasteiger partial charge in [-0.3, -0.25) is 14.9 Å². The number of hydrogen-bond acceptors (Lipinski definition) is 6. The molecule has 0 unspecified atom stereocenters. The highest BCUT2D eigenvalue weighted by Gasteiger charge is 2.35. The van der Waals surface area contributed by atoms with Crippen LogP contribution >= 0.6 is 0 Å². The Morgan fingerprint density at radius 3 is 2.39 bits per heavy atom. The summed E-state index contributed by atoms with van der Waals surface area (Å²) < 4.78 is 31.5. The minimum atomic E-state index is -3.58. The maximum Gasteiger partial charge on any atom is 0.273 e. The van der Waals surface area contributed by atoms with Crippen molar-refractivity contribution >= 4 is 27.3 Å². The number of benzene rings is 2. The van der Waals surface area contributed by atoms with Crippen LogP contribution in [0.1, 0.15) is 23.2 Å². The van der Waals surface area contributed by atoms with Crippen LogP contribution in [0, 0.1) is 10.1 Å². The van der Waals surface area contributed by atoms with E-state index in [2.05, 4.69) is 5.32 Å². The van der Waals surface area contributed by atoms with Crippen molar-refractivity contribution in [3.05, 3.63) is 58.1 Å². The van der Waals surface area contributed by atoms with Crippen molar-refractivity contribution in [3.63, 3.8) is 0 Å². The van der Waals surface area contributed by atoms with Crippen LogP contribution in [0.3, 0.4) is 0 Å². The smallest absolute Gasteiger partial charge is 0.273 e. The third-order valence-electron chi connectivity index (χ3n) is 4.50. The molecule has 1 aliphatic carbocycles. The molecule has 3 rings (SSSR count). The Morgan fingerprint density at radius 1 is 1.21 bits per heavy atom. The van der Waals surface area contributed by atoms with Gasteiger partial charge in [0.2, 0.25) is 10.0 Å². The Balaban J connectivity index is 1.77. The van der Waals surface area contributed by atoms with Gasteiger partial charge in [-0.25, -0.2) is 8.42 Å². The molecule has 1 aliphatic rings. The van der Waals surface area contributed by atoms with Gasteiger partial charge in [0.25, 0.3) is 11.6 Å². The third-order valence-corrected chi connectivity index (χ3v) is 6.42. The summed E-state index contributed by atoms with van der Waals surface area (Å²) >= 11 is 0. The molecule has 0 aliphatic heterocycles. The van der Waals surface area contributed by atoms with Crippen molar-refractivity contribution < 1.29 is 22.9 Å². The molecular weight excluding hydrogens is 386 g/mol. The molecule has 28 heavy (non-hydrogen) atoms. The molecule has 1 N–H and O–H groups in total. The Kier molecular flexibility index (Phi) is 5.34. The summed E-state index contributed by atoms with van der Waals surface area (Å²) in [6.07, 6.45) is 1.71. The molecule has 10 heteroatoms. The van der Waals surface area contributed by atoms with Crippen LogP contribution in [0.25, 0.3) is 0 Å². The lowest BCUT2D eigenvalue weighted by Crippen LogP contribution is -2.29. The van der Waals surface area contributed by atoms with Crippen molar-refractivity contribution in [2.45, 2.75) is 23.8 Å². The molecule has 2 aromatic rings. The summed E-state index contributed by atoms with van der Waals surface area (Å²) in [5.74, 6) is -0.348. The largest absolute Gasteiger partial charge is 0.494 e. The number of carbonyl (C=O) groups is 1. The third kappa shape index (κ3) is 3.97. The number of ether oxygens (including phenoxy) is 1. The van der Waals surface area contributed by atoms with Gasteiger partial charge in [-0.15, -0.1) is 0 Å². The van der Waals surface area contributed by atoms with Gasteiger partial charge in [-0.05, 0) is 43.2 Å². The number of sulfonamides is 1. The number of nitrogens with zero attached hydrogens (tertiary/aromatic N) is 2. The normalized spacial score (nSPS) is 14.0. The monoisotopic (exact) mass is 405 g/mol. The van der Waals surface area contributed by atoms with E-state index in [4.69, 9.17) is 4.74 Å². The first-order valence-electron chi connectivity index (χ1n) is 8.46. The number of rotatable bonds is 7. The molecule has 0 heterocycles. The number of hydrogen-bond donors (Lipinski definition) is 1. The van der Waals surface area contributed by atoms with Gasteiger partial charge in [0.05, 0.1) is 28.7 Å². The van der Waals surface area contributed by atoms with Gasteiger partial charge in [-0.2, -0.15) is 4.31 Å². The van der Waals surface area contributed by atoms with E-state index in [0.29, 0.717) is 0 Å². The van der Waals surface area contributed by atoms with Crippen LogP contribution in [-0.4, -0.2) is 43.8 Å². The first-order valence-corrected chi connectivity index (χ1v) is 9.90. The molecule has 1 amide bonds. The highest BCUT2D eigenvalue weighted by atomic mass is 32.2. The molecule has 9 nitrogen and oxygen atoms in total. The predicted octanol–water partition coefficient (Wildman–Crippen LogP) is 2.64. The summed E-state index contributed by atoms with van der Waals surface area (Å²) in [6.45, 7) is 0. The minimum Gasteiger partial charge on any atom is -0.494 e. The zero-order valence-corrected chi connectivity index (χ0v) is 16.1. The van der Waals surface area contributed by atoms with E-state index >= 15 is 0 Å². The van der Waals surface area contributed by atoms with Crippen molar-refractivity contribution in [2.75, 3.05) is 19.5 Å². The second kappa shape index (κ2) is 7.56. The molecular formula is C18H19N3O6S. The number of nitro benzene ring substituents is 1. The van der Waals surface area contributed by atoms with Crippen molar-refractivity contribution in [2.24, 2.45) is 0 Å². The lowest BCUT2D eigenvalue weighted by atomic mass is 10.2. The van der Waals surface area contributed by atoms with E-state index in [1.807, 2.05) is 0 Å². The van der Waals surface area contributed by atoms with Crippen molar-refractivity contribution in [1.29, 1.82) is 0 Å². The molecule has 0 spiro atoms. The average molecular weight is 405 g/mol. The quantitative estimate of drug-likeness (QED) is 0.559. The Bertz CT molecular complexity index is 1020. The van der Waals surface area contributed by atoms with Crippen LogP contribution < -0.4 is 10.1 Å². The topological polar surface area (TPSA) is 119 Å². The van der Waals surface area contributed by atoms with Crippen LogP contribution in [0.2, 0.25) is 0 Å². The zero-order valence-electron chi connectivity index (χ0n) is 15.3. The fourth-order valence-corrected chi connectivity index (χ4v) is 4.09. The van der Waals surface area contributed by atoms with Gasteiger partial charge in [0, 0.05) is 24.7 Å². The zero-order chi connectivity index (χ0) is 20.5. The van der Waals surface area contributed by atoms with Crippen LogP contribution in [0.5, 0.6) is 5.75 Å². The highest BCUT2D eigenvalue weighted by Crippen LogP contribution is 2.31. The number of methoxy groups -OCH3 is 1. The van der Waals surface area contributed by atoms with E-state index in [1.165, 1.54) is 53.9 Å². The lowest BCUT2D eigenvalue weighted by Gasteiger charge is -2.16. The van der Waals surface area contributed by atoms with Crippen molar-refractivity contribution in [3.8, 4) is 5.75 Å². The Hall–Kier alpha value is -2.98. The molecule has 0 saturated heterocycles. The molecule has 0 bridgehead atoms. The minimum absolute atomic E-state index is 0.0441. The number of amides is 1. The van der Waals surface area contributed by atoms with Crippen molar-refractivity contribution in [1.82, 2.24) is 4.31 Å². The Morgan fingerprint density at radius 2 is 1.86 bits per heavy atom. The van der Waals surface area contributed by atoms with Crippen LogP contribution in [0.4, 0.5) is 11.4 Å². The highest BCUT2D eigenvalue weighted by molar-refractivity contribution is 7.89. The van der Waals surface area contributed by atoms with Gasteiger partial charge in [-0.1, -0.05) is 0 Å². The molecule has 0 atom stereocenters. The molecule has 0 aromatic heterocycles. The molecule has 148 valence electrons. The fourth-order valence-electron chi connectivity index (χ4n) is 2.67. The van der Waals surface area contributed by atoms with Crippen LogP contribution in [-0.2, 0) is 10.0 Å². The Labute approximate surface area is 162 Å². The van der Waals surface area contributed by atoms with E-state index in [9.17, 15) is 23.3 Å². The number of nitro groups is 1. The molecule has 1 saturated carbocycles. The van der Waals surface area contributed by atoms with Gasteiger partial charge < -0.3 is 10.1 Å². The molecule has 1 fully saturated rings. The standard InChI is InChI=1S/C18H19N3O6S/c1-20(13-5-6-13)28(25,26)15-8-3-12(4-9-15)18(22)19-16-10-7-14(21(23)24)11-17(16)27-2/h3-4,7-11,13H,5-6H2,1-2H3,(H,19,22). The van der Waals surface area contributed by atoms with E-state index in [1.54, 1.807) is 7.05 Å². The maximum atomic E-state index is 12.5. The summed E-state index contributed by atoms with van der Waals surface area (Å²) in [7, 11) is -0.695. The second-order valence-corrected chi connectivity index (χ2v) is 8.37. The fraction of sp³-hybridized carbons (Fsp3) is 0.278. The number of nitrogens with one attached hydrogen (secondary N) is 1. The lowest BCUT2D eigenvalue weighted by molar-refractivity contribution is -0.384. The maximum absolute atomic E-state index is 12.5. The summed E-state index contributed by atoms with van der Waals surface area (Å²) in [5.41, 5.74) is 0.348. The SMILES string of the molecule is COc1cc([N+](=O)[O-])ccc1NC(=O)c1ccc(S(=O)(=O)N(C)C2CC2)cc1. The van der Waals surface area contributed by atoms with E-state index in [-0.39, 0.29) is 33.6 Å². The van der Waals surface area contributed by atoms with Crippen LogP contribution in [0.15, 0.2) is 47.4 Å². The molecule has 0 radical (unpaired) electrons. The summed E-state index contributed by atoms with van der Waals surface area (Å²) in [6, 6.07) is 9.48.